The number of rotatable bonds is 3. The molecule has 1 saturated heterocycles. The third-order valence-electron chi connectivity index (χ3n) is 3.87. The number of aryl methyl sites for hydroxylation is 1. The Bertz CT molecular complexity index is 648. The number of carbonyl (C=O) groups excluding carboxylic acids is 1. The molecule has 3 rings (SSSR count). The summed E-state index contributed by atoms with van der Waals surface area (Å²) in [7, 11) is 0. The van der Waals surface area contributed by atoms with E-state index in [0.717, 1.165) is 35.1 Å². The molecule has 4 nitrogen and oxygen atoms in total. The summed E-state index contributed by atoms with van der Waals surface area (Å²) in [6, 6.07) is 12.3. The minimum atomic E-state index is 0.0383. The van der Waals surface area contributed by atoms with E-state index in [2.05, 4.69) is 22.3 Å². The van der Waals surface area contributed by atoms with E-state index in [1.807, 2.05) is 31.2 Å². The first-order valence-corrected chi connectivity index (χ1v) is 7.32. The van der Waals surface area contributed by atoms with Gasteiger partial charge in [-0.25, -0.2) is 0 Å². The Morgan fingerprint density at radius 1 is 1.19 bits per heavy atom. The zero-order valence-electron chi connectivity index (χ0n) is 12.3. The topological polar surface area (TPSA) is 41.6 Å². The number of benzene rings is 2. The summed E-state index contributed by atoms with van der Waals surface area (Å²) in [5.41, 5.74) is 2.01. The number of fused-ring (bicyclic) bond motifs is 1. The third kappa shape index (κ3) is 3.23. The number of morpholine rings is 1. The lowest BCUT2D eigenvalue weighted by Gasteiger charge is -2.26. The van der Waals surface area contributed by atoms with Crippen LogP contribution in [0.3, 0.4) is 0 Å². The van der Waals surface area contributed by atoms with Crippen molar-refractivity contribution in [2.24, 2.45) is 0 Å². The first-order valence-electron chi connectivity index (χ1n) is 7.32. The van der Waals surface area contributed by atoms with E-state index in [9.17, 15) is 4.79 Å². The average molecular weight is 284 g/mol. The van der Waals surface area contributed by atoms with Gasteiger partial charge in [0.2, 0.25) is 5.91 Å². The highest BCUT2D eigenvalue weighted by atomic mass is 16.5. The van der Waals surface area contributed by atoms with E-state index >= 15 is 0 Å². The Morgan fingerprint density at radius 3 is 2.76 bits per heavy atom. The molecule has 0 bridgehead atoms. The van der Waals surface area contributed by atoms with Crippen LogP contribution in [0.4, 0.5) is 5.69 Å². The molecule has 0 saturated carbocycles. The molecule has 0 radical (unpaired) electrons. The van der Waals surface area contributed by atoms with Gasteiger partial charge in [0.25, 0.3) is 0 Å². The molecule has 0 atom stereocenters. The van der Waals surface area contributed by atoms with Crippen molar-refractivity contribution in [1.82, 2.24) is 4.90 Å². The SMILES string of the molecule is Cc1ccc2ccccc2c1NC(=O)CN1CCOCC1. The van der Waals surface area contributed by atoms with Crippen molar-refractivity contribution in [2.45, 2.75) is 6.92 Å². The average Bonchev–Trinajstić information content (AvgIpc) is 2.51. The summed E-state index contributed by atoms with van der Waals surface area (Å²) in [6.45, 7) is 5.51. The molecule has 110 valence electrons. The fourth-order valence-electron chi connectivity index (χ4n) is 2.69. The lowest BCUT2D eigenvalue weighted by atomic mass is 10.0. The van der Waals surface area contributed by atoms with Gasteiger partial charge in [0.15, 0.2) is 0 Å². The molecule has 1 heterocycles. The number of hydrogen-bond acceptors (Lipinski definition) is 3. The molecule has 0 aromatic heterocycles. The Hall–Kier alpha value is -1.91. The number of nitrogens with one attached hydrogen (secondary N) is 1. The van der Waals surface area contributed by atoms with Gasteiger partial charge in [-0.15, -0.1) is 0 Å². The highest BCUT2D eigenvalue weighted by Crippen LogP contribution is 2.26. The van der Waals surface area contributed by atoms with Crippen molar-refractivity contribution in [2.75, 3.05) is 38.2 Å². The van der Waals surface area contributed by atoms with Crippen LogP contribution in [-0.4, -0.2) is 43.7 Å². The van der Waals surface area contributed by atoms with Gasteiger partial charge in [-0.3, -0.25) is 9.69 Å². The molecular weight excluding hydrogens is 264 g/mol. The van der Waals surface area contributed by atoms with Gasteiger partial charge < -0.3 is 10.1 Å². The number of nitrogens with zero attached hydrogens (tertiary/aromatic N) is 1. The molecule has 0 unspecified atom stereocenters. The van der Waals surface area contributed by atoms with E-state index in [0.29, 0.717) is 19.8 Å². The minimum Gasteiger partial charge on any atom is -0.379 e. The maximum atomic E-state index is 12.3. The van der Waals surface area contributed by atoms with Gasteiger partial charge in [-0.1, -0.05) is 36.4 Å². The van der Waals surface area contributed by atoms with Crippen LogP contribution in [0.15, 0.2) is 36.4 Å². The van der Waals surface area contributed by atoms with Gasteiger partial charge in [-0.05, 0) is 17.9 Å². The highest BCUT2D eigenvalue weighted by Gasteiger charge is 2.15. The van der Waals surface area contributed by atoms with Crippen LogP contribution in [0, 0.1) is 6.92 Å². The van der Waals surface area contributed by atoms with Crippen molar-refractivity contribution in [3.63, 3.8) is 0 Å². The summed E-state index contributed by atoms with van der Waals surface area (Å²) in [5.74, 6) is 0.0383. The second kappa shape index (κ2) is 6.24. The maximum absolute atomic E-state index is 12.3. The van der Waals surface area contributed by atoms with Gasteiger partial charge in [0.1, 0.15) is 0 Å². The smallest absolute Gasteiger partial charge is 0.238 e. The van der Waals surface area contributed by atoms with Gasteiger partial charge in [0.05, 0.1) is 25.4 Å². The van der Waals surface area contributed by atoms with Gasteiger partial charge in [0, 0.05) is 18.5 Å². The second-order valence-electron chi connectivity index (χ2n) is 5.42. The molecule has 21 heavy (non-hydrogen) atoms. The molecule has 1 fully saturated rings. The molecule has 1 N–H and O–H groups in total. The van der Waals surface area contributed by atoms with Crippen LogP contribution in [0.1, 0.15) is 5.56 Å². The van der Waals surface area contributed by atoms with Crippen LogP contribution in [0.2, 0.25) is 0 Å². The molecule has 4 heteroatoms. The van der Waals surface area contributed by atoms with E-state index in [-0.39, 0.29) is 5.91 Å². The minimum absolute atomic E-state index is 0.0383. The Morgan fingerprint density at radius 2 is 1.95 bits per heavy atom. The molecule has 2 aromatic rings. The van der Waals surface area contributed by atoms with Crippen molar-refractivity contribution in [3.8, 4) is 0 Å². The molecule has 0 aliphatic carbocycles. The third-order valence-corrected chi connectivity index (χ3v) is 3.87. The predicted octanol–water partition coefficient (Wildman–Crippen LogP) is 2.42. The largest absolute Gasteiger partial charge is 0.379 e. The van der Waals surface area contributed by atoms with E-state index in [1.54, 1.807) is 0 Å². The molecule has 0 spiro atoms. The summed E-state index contributed by atoms with van der Waals surface area (Å²) in [4.78, 5) is 14.4. The Labute approximate surface area is 124 Å². The van der Waals surface area contributed by atoms with Crippen LogP contribution in [-0.2, 0) is 9.53 Å². The van der Waals surface area contributed by atoms with Gasteiger partial charge >= 0.3 is 0 Å². The molecule has 1 aliphatic heterocycles. The predicted molar refractivity (Wildman–Crippen MR) is 84.6 cm³/mol. The molecule has 1 aliphatic rings. The van der Waals surface area contributed by atoms with E-state index < -0.39 is 0 Å². The van der Waals surface area contributed by atoms with E-state index in [1.165, 1.54) is 0 Å². The van der Waals surface area contributed by atoms with Crippen LogP contribution in [0.5, 0.6) is 0 Å². The maximum Gasteiger partial charge on any atom is 0.238 e. The fourth-order valence-corrected chi connectivity index (χ4v) is 2.69. The standard InChI is InChI=1S/C17H20N2O2/c1-13-6-7-14-4-2-3-5-15(14)17(13)18-16(20)12-19-8-10-21-11-9-19/h2-7H,8-12H2,1H3,(H,18,20). The Balaban J connectivity index is 1.77. The van der Waals surface area contributed by atoms with Crippen molar-refractivity contribution >= 4 is 22.4 Å². The van der Waals surface area contributed by atoms with Crippen molar-refractivity contribution in [1.29, 1.82) is 0 Å². The van der Waals surface area contributed by atoms with E-state index in [4.69, 9.17) is 4.74 Å². The number of carbonyl (C=O) groups is 1. The monoisotopic (exact) mass is 284 g/mol. The number of hydrogen-bond donors (Lipinski definition) is 1. The van der Waals surface area contributed by atoms with Crippen molar-refractivity contribution < 1.29 is 9.53 Å². The zero-order valence-corrected chi connectivity index (χ0v) is 12.3. The Kier molecular flexibility index (Phi) is 4.18. The van der Waals surface area contributed by atoms with Crippen LogP contribution < -0.4 is 5.32 Å². The summed E-state index contributed by atoms with van der Waals surface area (Å²) in [6.07, 6.45) is 0. The van der Waals surface area contributed by atoms with Gasteiger partial charge in [-0.2, -0.15) is 0 Å². The number of ether oxygens (including phenoxy) is 1. The highest BCUT2D eigenvalue weighted by molar-refractivity contribution is 6.03. The normalized spacial score (nSPS) is 16.0. The first-order chi connectivity index (χ1) is 10.2. The lowest BCUT2D eigenvalue weighted by molar-refractivity contribution is -0.118. The molecule has 1 amide bonds. The fraction of sp³-hybridized carbons (Fsp3) is 0.353. The molecular formula is C17H20N2O2. The van der Waals surface area contributed by atoms with Crippen LogP contribution in [0.25, 0.3) is 10.8 Å². The van der Waals surface area contributed by atoms with Crippen LogP contribution >= 0.6 is 0 Å². The molecule has 2 aromatic carbocycles. The first kappa shape index (κ1) is 14.0. The number of amides is 1. The second-order valence-corrected chi connectivity index (χ2v) is 5.42. The van der Waals surface area contributed by atoms with Crippen molar-refractivity contribution in [3.05, 3.63) is 42.0 Å². The lowest BCUT2D eigenvalue weighted by Crippen LogP contribution is -2.41. The summed E-state index contributed by atoms with van der Waals surface area (Å²) in [5, 5.41) is 5.31. The summed E-state index contributed by atoms with van der Waals surface area (Å²) >= 11 is 0. The summed E-state index contributed by atoms with van der Waals surface area (Å²) < 4.78 is 5.30. The number of anilines is 1. The quantitative estimate of drug-likeness (QED) is 0.941. The zero-order chi connectivity index (χ0) is 14.7.